The first-order valence-corrected chi connectivity index (χ1v) is 13.0. The number of carboxylic acids is 1. The fourth-order valence-electron chi connectivity index (χ4n) is 5.14. The molecule has 1 aromatic heterocycles. The van der Waals surface area contributed by atoms with E-state index in [1.807, 2.05) is 55.5 Å². The summed E-state index contributed by atoms with van der Waals surface area (Å²) in [6.45, 7) is 2.33. The Morgan fingerprint density at radius 3 is 2.42 bits per heavy atom. The normalized spacial score (nSPS) is 14.9. The van der Waals surface area contributed by atoms with E-state index in [9.17, 15) is 14.7 Å². The van der Waals surface area contributed by atoms with E-state index in [0.717, 1.165) is 60.8 Å². The molecule has 8 heteroatoms. The van der Waals surface area contributed by atoms with Gasteiger partial charge in [-0.15, -0.1) is 5.10 Å². The SMILES string of the molecule is CCCCC(=O)N(Cc1ccc(-c2ccccc2-c2nnn[nH]2)cc1)[C@@H](CC1CCCCC1)C(=O)O. The first-order chi connectivity index (χ1) is 17.6. The number of hydrogen-bond acceptors (Lipinski definition) is 5. The van der Waals surface area contributed by atoms with Gasteiger partial charge in [-0.25, -0.2) is 9.89 Å². The highest BCUT2D eigenvalue weighted by Gasteiger charge is 2.32. The van der Waals surface area contributed by atoms with Crippen molar-refractivity contribution in [2.24, 2.45) is 5.92 Å². The van der Waals surface area contributed by atoms with Gasteiger partial charge in [-0.1, -0.05) is 94.0 Å². The van der Waals surface area contributed by atoms with E-state index < -0.39 is 12.0 Å². The molecule has 4 rings (SSSR count). The first-order valence-electron chi connectivity index (χ1n) is 13.0. The Hall–Kier alpha value is -3.55. The van der Waals surface area contributed by atoms with Crippen LogP contribution in [0.4, 0.5) is 0 Å². The number of carboxylic acid groups (broad SMARTS) is 1. The lowest BCUT2D eigenvalue weighted by Gasteiger charge is -2.33. The van der Waals surface area contributed by atoms with Gasteiger partial charge in [-0.3, -0.25) is 4.79 Å². The van der Waals surface area contributed by atoms with Crippen molar-refractivity contribution in [2.75, 3.05) is 0 Å². The van der Waals surface area contributed by atoms with Gasteiger partial charge in [0.2, 0.25) is 5.91 Å². The minimum atomic E-state index is -0.906. The largest absolute Gasteiger partial charge is 0.480 e. The first kappa shape index (κ1) is 25.5. The topological polar surface area (TPSA) is 112 Å². The van der Waals surface area contributed by atoms with Gasteiger partial charge in [0.05, 0.1) is 0 Å². The molecule has 0 unspecified atom stereocenters. The number of tetrazole rings is 1. The van der Waals surface area contributed by atoms with E-state index in [1.54, 1.807) is 4.90 Å². The number of aromatic nitrogens is 4. The van der Waals surface area contributed by atoms with E-state index in [2.05, 4.69) is 20.6 Å². The lowest BCUT2D eigenvalue weighted by Crippen LogP contribution is -2.45. The van der Waals surface area contributed by atoms with E-state index in [4.69, 9.17) is 0 Å². The van der Waals surface area contributed by atoms with Crippen LogP contribution >= 0.6 is 0 Å². The molecule has 0 aliphatic heterocycles. The number of H-pyrrole nitrogens is 1. The molecular weight excluding hydrogens is 454 g/mol. The molecule has 3 aromatic rings. The molecule has 36 heavy (non-hydrogen) atoms. The minimum Gasteiger partial charge on any atom is -0.480 e. The summed E-state index contributed by atoms with van der Waals surface area (Å²) in [5.41, 5.74) is 3.79. The second-order valence-corrected chi connectivity index (χ2v) is 9.71. The highest BCUT2D eigenvalue weighted by molar-refractivity contribution is 5.84. The summed E-state index contributed by atoms with van der Waals surface area (Å²) >= 11 is 0. The smallest absolute Gasteiger partial charge is 0.326 e. The standard InChI is InChI=1S/C28H35N5O3/c1-2-3-13-26(34)33(25(28(35)36)18-20-9-5-4-6-10-20)19-21-14-16-22(17-15-21)23-11-7-8-12-24(23)27-29-31-32-30-27/h7-8,11-12,14-17,20,25H,2-6,9-10,13,18-19H2,1H3,(H,35,36)(H,29,30,31,32)/t25-/m0/s1. The number of aliphatic carboxylic acids is 1. The van der Waals surface area contributed by atoms with Crippen LogP contribution < -0.4 is 0 Å². The van der Waals surface area contributed by atoms with Crippen LogP contribution in [0.15, 0.2) is 48.5 Å². The molecule has 0 radical (unpaired) electrons. The molecule has 2 aromatic carbocycles. The van der Waals surface area contributed by atoms with Gasteiger partial charge in [-0.05, 0) is 45.9 Å². The molecule has 1 aliphatic carbocycles. The van der Waals surface area contributed by atoms with Crippen LogP contribution in [0.1, 0.15) is 70.3 Å². The number of nitrogens with zero attached hydrogens (tertiary/aromatic N) is 4. The number of aromatic amines is 1. The molecule has 0 bridgehead atoms. The predicted molar refractivity (Wildman–Crippen MR) is 138 cm³/mol. The summed E-state index contributed by atoms with van der Waals surface area (Å²) in [7, 11) is 0. The number of nitrogens with one attached hydrogen (secondary N) is 1. The van der Waals surface area contributed by atoms with Gasteiger partial charge in [0.1, 0.15) is 6.04 Å². The van der Waals surface area contributed by atoms with Crippen LogP contribution in [0.2, 0.25) is 0 Å². The molecule has 190 valence electrons. The summed E-state index contributed by atoms with van der Waals surface area (Å²) in [6.07, 6.45) is 8.18. The number of benzene rings is 2. The van der Waals surface area contributed by atoms with Crippen molar-refractivity contribution in [2.45, 2.75) is 77.3 Å². The molecule has 1 aliphatic rings. The van der Waals surface area contributed by atoms with Crippen LogP contribution in [0.3, 0.4) is 0 Å². The zero-order valence-corrected chi connectivity index (χ0v) is 20.9. The fraction of sp³-hybridized carbons (Fsp3) is 0.464. The van der Waals surface area contributed by atoms with Crippen molar-refractivity contribution < 1.29 is 14.7 Å². The maximum Gasteiger partial charge on any atom is 0.326 e. The van der Waals surface area contributed by atoms with Gasteiger partial charge in [0.15, 0.2) is 5.82 Å². The predicted octanol–water partition coefficient (Wildman–Crippen LogP) is 5.48. The lowest BCUT2D eigenvalue weighted by atomic mass is 9.84. The van der Waals surface area contributed by atoms with Crippen molar-refractivity contribution >= 4 is 11.9 Å². The van der Waals surface area contributed by atoms with Crippen LogP contribution in [0.5, 0.6) is 0 Å². The second kappa shape index (κ2) is 12.4. The van der Waals surface area contributed by atoms with Gasteiger partial charge in [0, 0.05) is 18.5 Å². The quantitative estimate of drug-likeness (QED) is 0.369. The Labute approximate surface area is 212 Å². The number of rotatable bonds is 11. The van der Waals surface area contributed by atoms with Crippen molar-refractivity contribution in [3.05, 3.63) is 54.1 Å². The zero-order chi connectivity index (χ0) is 25.3. The third kappa shape index (κ3) is 6.36. The van der Waals surface area contributed by atoms with Crippen molar-refractivity contribution in [3.63, 3.8) is 0 Å². The molecule has 1 fully saturated rings. The van der Waals surface area contributed by atoms with Gasteiger partial charge >= 0.3 is 5.97 Å². The second-order valence-electron chi connectivity index (χ2n) is 9.71. The average molecular weight is 490 g/mol. The summed E-state index contributed by atoms with van der Waals surface area (Å²) < 4.78 is 0. The fourth-order valence-corrected chi connectivity index (χ4v) is 5.14. The van der Waals surface area contributed by atoms with E-state index in [0.29, 0.717) is 31.1 Å². The monoisotopic (exact) mass is 489 g/mol. The average Bonchev–Trinajstić information content (AvgIpc) is 3.45. The van der Waals surface area contributed by atoms with Gasteiger partial charge in [-0.2, -0.15) is 0 Å². The van der Waals surface area contributed by atoms with Gasteiger partial charge in [0.25, 0.3) is 0 Å². The molecule has 2 N–H and O–H groups in total. The number of unbranched alkanes of at least 4 members (excludes halogenated alkanes) is 1. The number of hydrogen-bond donors (Lipinski definition) is 2. The summed E-state index contributed by atoms with van der Waals surface area (Å²) in [6, 6.07) is 15.0. The Balaban J connectivity index is 1.56. The molecule has 1 atom stereocenters. The maximum absolute atomic E-state index is 13.2. The van der Waals surface area contributed by atoms with Crippen molar-refractivity contribution in [3.8, 4) is 22.5 Å². The van der Waals surface area contributed by atoms with Crippen LogP contribution in [0, 0.1) is 5.92 Å². The van der Waals surface area contributed by atoms with Crippen molar-refractivity contribution in [1.29, 1.82) is 0 Å². The highest BCUT2D eigenvalue weighted by Crippen LogP contribution is 2.31. The van der Waals surface area contributed by atoms with Crippen LogP contribution in [-0.4, -0.2) is 48.5 Å². The Morgan fingerprint density at radius 2 is 1.78 bits per heavy atom. The van der Waals surface area contributed by atoms with E-state index >= 15 is 0 Å². The Bertz CT molecular complexity index is 1120. The molecule has 1 saturated carbocycles. The molecule has 0 saturated heterocycles. The highest BCUT2D eigenvalue weighted by atomic mass is 16.4. The van der Waals surface area contributed by atoms with Crippen LogP contribution in [-0.2, 0) is 16.1 Å². The summed E-state index contributed by atoms with van der Waals surface area (Å²) in [4.78, 5) is 27.2. The number of carbonyl (C=O) groups is 2. The Morgan fingerprint density at radius 1 is 1.06 bits per heavy atom. The minimum absolute atomic E-state index is 0.0766. The number of carbonyl (C=O) groups excluding carboxylic acids is 1. The third-order valence-corrected chi connectivity index (χ3v) is 7.15. The molecule has 0 spiro atoms. The van der Waals surface area contributed by atoms with Crippen molar-refractivity contribution in [1.82, 2.24) is 25.5 Å². The molecular formula is C28H35N5O3. The maximum atomic E-state index is 13.2. The zero-order valence-electron chi connectivity index (χ0n) is 20.9. The third-order valence-electron chi connectivity index (χ3n) is 7.15. The molecule has 8 nitrogen and oxygen atoms in total. The Kier molecular flexibility index (Phi) is 8.81. The van der Waals surface area contributed by atoms with Gasteiger partial charge < -0.3 is 10.0 Å². The summed E-state index contributed by atoms with van der Waals surface area (Å²) in [5, 5.41) is 24.4. The molecule has 1 amide bonds. The summed E-state index contributed by atoms with van der Waals surface area (Å²) in [5.74, 6) is -0.0240. The van der Waals surface area contributed by atoms with E-state index in [1.165, 1.54) is 6.42 Å². The van der Waals surface area contributed by atoms with E-state index in [-0.39, 0.29) is 5.91 Å². The number of amides is 1. The van der Waals surface area contributed by atoms with Crippen LogP contribution in [0.25, 0.3) is 22.5 Å². The lowest BCUT2D eigenvalue weighted by molar-refractivity contribution is -0.152. The molecule has 1 heterocycles.